The summed E-state index contributed by atoms with van der Waals surface area (Å²) in [6.07, 6.45) is 0. The molecule has 0 radical (unpaired) electrons. The SMILES string of the molecule is Cc1ccc(NC(=O)C[NH+]2CCN(C(=O)C[NH2+][C@H](C)c3ccccc3Cl)CC2)cc1. The maximum atomic E-state index is 12.6. The first-order chi connectivity index (χ1) is 14.4. The molecule has 30 heavy (non-hydrogen) atoms. The molecule has 0 unspecified atom stereocenters. The van der Waals surface area contributed by atoms with Crippen molar-refractivity contribution in [2.75, 3.05) is 44.6 Å². The molecular weight excluding hydrogens is 400 g/mol. The second-order valence-electron chi connectivity index (χ2n) is 7.97. The van der Waals surface area contributed by atoms with E-state index in [4.69, 9.17) is 11.6 Å². The summed E-state index contributed by atoms with van der Waals surface area (Å²) in [5.74, 6) is 0.146. The number of quaternary nitrogens is 2. The highest BCUT2D eigenvalue weighted by molar-refractivity contribution is 6.31. The highest BCUT2D eigenvalue weighted by atomic mass is 35.5. The van der Waals surface area contributed by atoms with E-state index in [0.717, 1.165) is 34.9 Å². The van der Waals surface area contributed by atoms with Crippen molar-refractivity contribution in [2.24, 2.45) is 0 Å². The molecule has 0 saturated carbocycles. The van der Waals surface area contributed by atoms with Crippen molar-refractivity contribution >= 4 is 29.1 Å². The van der Waals surface area contributed by atoms with E-state index in [9.17, 15) is 9.59 Å². The Hall–Kier alpha value is -2.41. The number of carbonyl (C=O) groups excluding carboxylic acids is 2. The zero-order chi connectivity index (χ0) is 21.5. The van der Waals surface area contributed by atoms with Gasteiger partial charge in [-0.25, -0.2) is 0 Å². The number of nitrogens with one attached hydrogen (secondary N) is 2. The van der Waals surface area contributed by atoms with Crippen LogP contribution in [-0.2, 0) is 9.59 Å². The number of amides is 2. The van der Waals surface area contributed by atoms with Gasteiger partial charge in [0.1, 0.15) is 6.04 Å². The average molecular weight is 431 g/mol. The van der Waals surface area contributed by atoms with Gasteiger partial charge in [-0.2, -0.15) is 0 Å². The van der Waals surface area contributed by atoms with Crippen LogP contribution in [0.25, 0.3) is 0 Å². The molecule has 0 spiro atoms. The molecule has 0 aliphatic carbocycles. The van der Waals surface area contributed by atoms with Gasteiger partial charge in [0.15, 0.2) is 13.1 Å². The fraction of sp³-hybridized carbons (Fsp3) is 0.391. The minimum absolute atomic E-state index is 0.00975. The van der Waals surface area contributed by atoms with Crippen LogP contribution >= 0.6 is 11.6 Å². The van der Waals surface area contributed by atoms with E-state index in [1.165, 1.54) is 4.90 Å². The minimum Gasteiger partial charge on any atom is -0.332 e. The molecule has 1 atom stereocenters. The first-order valence-corrected chi connectivity index (χ1v) is 10.9. The van der Waals surface area contributed by atoms with Gasteiger partial charge in [0.05, 0.1) is 26.2 Å². The molecule has 1 fully saturated rings. The largest absolute Gasteiger partial charge is 0.332 e. The lowest BCUT2D eigenvalue weighted by molar-refractivity contribution is -0.895. The molecule has 2 aromatic carbocycles. The number of anilines is 1. The van der Waals surface area contributed by atoms with Crippen LogP contribution in [0.15, 0.2) is 48.5 Å². The fourth-order valence-electron chi connectivity index (χ4n) is 3.70. The molecule has 2 amide bonds. The third-order valence-corrected chi connectivity index (χ3v) is 5.96. The first kappa shape index (κ1) is 22.3. The molecule has 7 heteroatoms. The highest BCUT2D eigenvalue weighted by Gasteiger charge is 2.26. The van der Waals surface area contributed by atoms with E-state index in [2.05, 4.69) is 12.2 Å². The number of rotatable bonds is 7. The number of piperazine rings is 1. The average Bonchev–Trinajstić information content (AvgIpc) is 2.74. The van der Waals surface area contributed by atoms with Crippen molar-refractivity contribution in [1.82, 2.24) is 4.90 Å². The molecule has 1 aliphatic heterocycles. The fourth-order valence-corrected chi connectivity index (χ4v) is 4.00. The molecule has 6 nitrogen and oxygen atoms in total. The molecular formula is C23H31ClN4O2+2. The van der Waals surface area contributed by atoms with Gasteiger partial charge in [-0.05, 0) is 32.0 Å². The van der Waals surface area contributed by atoms with Crippen LogP contribution in [0.5, 0.6) is 0 Å². The van der Waals surface area contributed by atoms with E-state index >= 15 is 0 Å². The van der Waals surface area contributed by atoms with Gasteiger partial charge in [-0.1, -0.05) is 47.5 Å². The van der Waals surface area contributed by atoms with Gasteiger partial charge in [0.25, 0.3) is 11.8 Å². The number of hydrogen-bond acceptors (Lipinski definition) is 2. The lowest BCUT2D eigenvalue weighted by Gasteiger charge is -2.31. The number of aryl methyl sites for hydroxylation is 1. The molecule has 1 heterocycles. The number of benzene rings is 2. The van der Waals surface area contributed by atoms with Gasteiger partial charge >= 0.3 is 0 Å². The lowest BCUT2D eigenvalue weighted by Crippen LogP contribution is -3.15. The monoisotopic (exact) mass is 430 g/mol. The summed E-state index contributed by atoms with van der Waals surface area (Å²) < 4.78 is 0. The Labute approximate surface area is 183 Å². The van der Waals surface area contributed by atoms with Crippen LogP contribution in [0.1, 0.15) is 24.1 Å². The summed E-state index contributed by atoms with van der Waals surface area (Å²) in [6, 6.07) is 15.7. The summed E-state index contributed by atoms with van der Waals surface area (Å²) in [6.45, 7) is 7.83. The molecule has 0 bridgehead atoms. The van der Waals surface area contributed by atoms with Crippen molar-refractivity contribution < 1.29 is 19.8 Å². The topological polar surface area (TPSA) is 70.5 Å². The van der Waals surface area contributed by atoms with E-state index in [0.29, 0.717) is 26.2 Å². The summed E-state index contributed by atoms with van der Waals surface area (Å²) in [5.41, 5.74) is 3.03. The second-order valence-corrected chi connectivity index (χ2v) is 8.38. The van der Waals surface area contributed by atoms with Crippen LogP contribution in [0.3, 0.4) is 0 Å². The smallest absolute Gasteiger partial charge is 0.279 e. The number of carbonyl (C=O) groups is 2. The standard InChI is InChI=1S/C23H29ClN4O2/c1-17-7-9-19(10-8-17)26-22(29)16-27-11-13-28(14-12-27)23(30)15-25-18(2)20-5-3-4-6-21(20)24/h3-10,18,25H,11-16H2,1-2H3,(H,26,29)/p+2/t18-/m1/s1. The summed E-state index contributed by atoms with van der Waals surface area (Å²) in [5, 5.41) is 5.70. The number of hydrogen-bond donors (Lipinski definition) is 3. The second kappa shape index (κ2) is 10.6. The Balaban J connectivity index is 1.39. The maximum absolute atomic E-state index is 12.6. The molecule has 1 aliphatic rings. The quantitative estimate of drug-likeness (QED) is 0.603. The lowest BCUT2D eigenvalue weighted by atomic mass is 10.1. The summed E-state index contributed by atoms with van der Waals surface area (Å²) >= 11 is 6.25. The van der Waals surface area contributed by atoms with E-state index < -0.39 is 0 Å². The van der Waals surface area contributed by atoms with Crippen LogP contribution in [0.4, 0.5) is 5.69 Å². The molecule has 3 rings (SSSR count). The van der Waals surface area contributed by atoms with Gasteiger partial charge in [0, 0.05) is 16.3 Å². The number of halogens is 1. The zero-order valence-corrected chi connectivity index (χ0v) is 18.4. The van der Waals surface area contributed by atoms with E-state index in [1.807, 2.05) is 65.7 Å². The van der Waals surface area contributed by atoms with Crippen LogP contribution in [0, 0.1) is 6.92 Å². The van der Waals surface area contributed by atoms with Gasteiger partial charge in [0.2, 0.25) is 0 Å². The molecule has 0 aromatic heterocycles. The summed E-state index contributed by atoms with van der Waals surface area (Å²) in [4.78, 5) is 28.0. The maximum Gasteiger partial charge on any atom is 0.279 e. The van der Waals surface area contributed by atoms with Crippen molar-refractivity contribution in [3.63, 3.8) is 0 Å². The van der Waals surface area contributed by atoms with Gasteiger partial charge < -0.3 is 20.4 Å². The van der Waals surface area contributed by atoms with Crippen LogP contribution in [-0.4, -0.2) is 56.0 Å². The molecule has 1 saturated heterocycles. The zero-order valence-electron chi connectivity index (χ0n) is 17.7. The first-order valence-electron chi connectivity index (χ1n) is 10.5. The van der Waals surface area contributed by atoms with Crippen LogP contribution < -0.4 is 15.5 Å². The van der Waals surface area contributed by atoms with Crippen molar-refractivity contribution in [3.8, 4) is 0 Å². The Morgan fingerprint density at radius 2 is 1.80 bits per heavy atom. The van der Waals surface area contributed by atoms with Gasteiger partial charge in [-0.3, -0.25) is 9.59 Å². The third kappa shape index (κ3) is 6.29. The predicted octanol–water partition coefficient (Wildman–Crippen LogP) is 0.639. The molecule has 2 aromatic rings. The number of nitrogens with zero attached hydrogens (tertiary/aromatic N) is 1. The highest BCUT2D eigenvalue weighted by Crippen LogP contribution is 2.19. The normalized spacial score (nSPS) is 15.6. The van der Waals surface area contributed by atoms with Crippen LogP contribution in [0.2, 0.25) is 5.02 Å². The third-order valence-electron chi connectivity index (χ3n) is 5.61. The number of nitrogens with two attached hydrogens (primary N) is 1. The van der Waals surface area contributed by atoms with Gasteiger partial charge in [-0.15, -0.1) is 0 Å². The molecule has 160 valence electrons. The summed E-state index contributed by atoms with van der Waals surface area (Å²) in [7, 11) is 0. The Kier molecular flexibility index (Phi) is 7.85. The van der Waals surface area contributed by atoms with E-state index in [1.54, 1.807) is 0 Å². The Morgan fingerprint density at radius 3 is 2.47 bits per heavy atom. The van der Waals surface area contributed by atoms with Crippen molar-refractivity contribution in [1.29, 1.82) is 0 Å². The molecule has 4 N–H and O–H groups in total. The van der Waals surface area contributed by atoms with Crippen molar-refractivity contribution in [2.45, 2.75) is 19.9 Å². The Morgan fingerprint density at radius 1 is 1.13 bits per heavy atom. The Bertz CT molecular complexity index is 864. The van der Waals surface area contributed by atoms with E-state index in [-0.39, 0.29) is 17.9 Å². The minimum atomic E-state index is 0.00975. The van der Waals surface area contributed by atoms with Crippen molar-refractivity contribution in [3.05, 3.63) is 64.7 Å². The predicted molar refractivity (Wildman–Crippen MR) is 119 cm³/mol.